The van der Waals surface area contributed by atoms with Gasteiger partial charge in [-0.05, 0) is 37.1 Å². The van der Waals surface area contributed by atoms with Gasteiger partial charge in [-0.2, -0.15) is 5.26 Å². The summed E-state index contributed by atoms with van der Waals surface area (Å²) in [6.45, 7) is -0.0424. The van der Waals surface area contributed by atoms with Crippen LogP contribution in [0.4, 0.5) is 0 Å². The predicted molar refractivity (Wildman–Crippen MR) is 70.7 cm³/mol. The molecule has 0 bridgehead atoms. The van der Waals surface area contributed by atoms with Crippen molar-refractivity contribution in [1.82, 2.24) is 10.6 Å². The van der Waals surface area contributed by atoms with Crippen molar-refractivity contribution < 1.29 is 9.53 Å². The van der Waals surface area contributed by atoms with Crippen molar-refractivity contribution in [3.8, 4) is 11.8 Å². The van der Waals surface area contributed by atoms with E-state index in [-0.39, 0.29) is 19.1 Å². The second kappa shape index (κ2) is 6.21. The normalized spacial score (nSPS) is 16.5. The minimum absolute atomic E-state index is 0.0108. The molecule has 1 aromatic rings. The van der Waals surface area contributed by atoms with Crippen LogP contribution in [-0.4, -0.2) is 26.1 Å². The highest BCUT2D eigenvalue weighted by Crippen LogP contribution is 2.36. The zero-order valence-corrected chi connectivity index (χ0v) is 10.9. The van der Waals surface area contributed by atoms with E-state index in [1.165, 1.54) is 11.1 Å². The highest BCUT2D eigenvalue weighted by molar-refractivity contribution is 5.77. The third kappa shape index (κ3) is 3.04. The van der Waals surface area contributed by atoms with Gasteiger partial charge in [0.15, 0.2) is 6.61 Å². The Morgan fingerprint density at radius 1 is 1.58 bits per heavy atom. The van der Waals surface area contributed by atoms with E-state index in [2.05, 4.69) is 16.7 Å². The lowest BCUT2D eigenvalue weighted by atomic mass is 10.1. The summed E-state index contributed by atoms with van der Waals surface area (Å²) in [6.07, 6.45) is 2.00. The summed E-state index contributed by atoms with van der Waals surface area (Å²) in [4.78, 5) is 11.4. The van der Waals surface area contributed by atoms with Crippen molar-refractivity contribution in [1.29, 1.82) is 5.26 Å². The molecule has 0 fully saturated rings. The third-order valence-corrected chi connectivity index (χ3v) is 3.30. The van der Waals surface area contributed by atoms with Gasteiger partial charge in [0, 0.05) is 6.04 Å². The van der Waals surface area contributed by atoms with E-state index in [0.717, 1.165) is 18.6 Å². The summed E-state index contributed by atoms with van der Waals surface area (Å²) in [7, 11) is 1.95. The third-order valence-electron chi connectivity index (χ3n) is 3.30. The van der Waals surface area contributed by atoms with Gasteiger partial charge < -0.3 is 15.4 Å². The Morgan fingerprint density at radius 3 is 3.16 bits per heavy atom. The van der Waals surface area contributed by atoms with Crippen LogP contribution in [0.1, 0.15) is 23.6 Å². The number of amides is 1. The summed E-state index contributed by atoms with van der Waals surface area (Å²) in [5.41, 5.74) is 2.42. The van der Waals surface area contributed by atoms with Crippen LogP contribution in [0.5, 0.6) is 5.75 Å². The van der Waals surface area contributed by atoms with Gasteiger partial charge >= 0.3 is 0 Å². The van der Waals surface area contributed by atoms with Crippen molar-refractivity contribution in [2.45, 2.75) is 18.9 Å². The molecule has 19 heavy (non-hydrogen) atoms. The zero-order chi connectivity index (χ0) is 13.7. The van der Waals surface area contributed by atoms with Crippen molar-refractivity contribution >= 4 is 5.91 Å². The largest absolute Gasteiger partial charge is 0.483 e. The second-order valence-electron chi connectivity index (χ2n) is 4.43. The Kier molecular flexibility index (Phi) is 4.37. The van der Waals surface area contributed by atoms with Crippen molar-refractivity contribution in [2.75, 3.05) is 20.2 Å². The fraction of sp³-hybridized carbons (Fsp3) is 0.429. The fourth-order valence-electron chi connectivity index (χ4n) is 2.39. The number of nitrogens with zero attached hydrogens (tertiary/aromatic N) is 1. The number of nitriles is 1. The quantitative estimate of drug-likeness (QED) is 0.771. The average Bonchev–Trinajstić information content (AvgIpc) is 2.86. The number of nitrogens with one attached hydrogen (secondary N) is 2. The first-order chi connectivity index (χ1) is 9.26. The predicted octanol–water partition coefficient (Wildman–Crippen LogP) is 0.912. The molecular formula is C14H17N3O2. The van der Waals surface area contributed by atoms with Gasteiger partial charge in [-0.3, -0.25) is 4.79 Å². The van der Waals surface area contributed by atoms with Crippen LogP contribution >= 0.6 is 0 Å². The monoisotopic (exact) mass is 259 g/mol. The van der Waals surface area contributed by atoms with Crippen LogP contribution < -0.4 is 15.4 Å². The minimum atomic E-state index is -0.276. The van der Waals surface area contributed by atoms with Crippen LogP contribution in [0.15, 0.2) is 18.2 Å². The van der Waals surface area contributed by atoms with E-state index in [1.807, 2.05) is 25.2 Å². The summed E-state index contributed by atoms with van der Waals surface area (Å²) >= 11 is 0. The van der Waals surface area contributed by atoms with E-state index in [4.69, 9.17) is 10.00 Å². The molecule has 2 rings (SSSR count). The number of rotatable bonds is 5. The van der Waals surface area contributed by atoms with Crippen LogP contribution in [0, 0.1) is 11.3 Å². The van der Waals surface area contributed by atoms with Gasteiger partial charge in [0.25, 0.3) is 5.91 Å². The highest BCUT2D eigenvalue weighted by atomic mass is 16.5. The average molecular weight is 259 g/mol. The summed E-state index contributed by atoms with van der Waals surface area (Å²) in [5, 5.41) is 14.1. The van der Waals surface area contributed by atoms with Gasteiger partial charge in [-0.15, -0.1) is 0 Å². The smallest absolute Gasteiger partial charge is 0.258 e. The SMILES string of the molecule is CNC1CCc2c(OCC(=O)NCC#N)cccc21. The van der Waals surface area contributed by atoms with E-state index in [1.54, 1.807) is 0 Å². The lowest BCUT2D eigenvalue weighted by molar-refractivity contribution is -0.122. The lowest BCUT2D eigenvalue weighted by Gasteiger charge is -2.12. The summed E-state index contributed by atoms with van der Waals surface area (Å²) in [6, 6.07) is 8.14. The molecule has 1 aromatic carbocycles. The molecule has 0 aromatic heterocycles. The fourth-order valence-corrected chi connectivity index (χ4v) is 2.39. The minimum Gasteiger partial charge on any atom is -0.483 e. The number of hydrogen-bond donors (Lipinski definition) is 2. The number of hydrogen-bond acceptors (Lipinski definition) is 4. The number of benzene rings is 1. The van der Waals surface area contributed by atoms with Crippen molar-refractivity contribution in [3.63, 3.8) is 0 Å². The number of ether oxygens (including phenoxy) is 1. The molecule has 0 aliphatic heterocycles. The number of carbonyl (C=O) groups is 1. The Hall–Kier alpha value is -2.06. The zero-order valence-electron chi connectivity index (χ0n) is 10.9. The highest BCUT2D eigenvalue weighted by Gasteiger charge is 2.23. The topological polar surface area (TPSA) is 74.2 Å². The van der Waals surface area contributed by atoms with E-state index in [9.17, 15) is 4.79 Å². The molecule has 1 unspecified atom stereocenters. The van der Waals surface area contributed by atoms with Crippen molar-refractivity contribution in [3.05, 3.63) is 29.3 Å². The molecule has 5 nitrogen and oxygen atoms in total. The van der Waals surface area contributed by atoms with Gasteiger partial charge in [-0.1, -0.05) is 12.1 Å². The standard InChI is InChI=1S/C14H17N3O2/c1-16-12-6-5-11-10(12)3-2-4-13(11)19-9-14(18)17-8-7-15/h2-4,12,16H,5-6,8-9H2,1H3,(H,17,18). The number of carbonyl (C=O) groups excluding carboxylic acids is 1. The molecule has 0 saturated carbocycles. The second-order valence-corrected chi connectivity index (χ2v) is 4.43. The first kappa shape index (κ1) is 13.4. The van der Waals surface area contributed by atoms with Crippen LogP contribution in [0.3, 0.4) is 0 Å². The van der Waals surface area contributed by atoms with E-state index < -0.39 is 0 Å². The number of fused-ring (bicyclic) bond motifs is 1. The molecule has 1 amide bonds. The van der Waals surface area contributed by atoms with Gasteiger partial charge in [-0.25, -0.2) is 0 Å². The Balaban J connectivity index is 2.01. The molecule has 0 heterocycles. The first-order valence-corrected chi connectivity index (χ1v) is 6.31. The maximum Gasteiger partial charge on any atom is 0.258 e. The van der Waals surface area contributed by atoms with Crippen LogP contribution in [0.25, 0.3) is 0 Å². The van der Waals surface area contributed by atoms with Crippen molar-refractivity contribution in [2.24, 2.45) is 0 Å². The summed E-state index contributed by atoms with van der Waals surface area (Å²) < 4.78 is 5.55. The molecule has 1 atom stereocenters. The van der Waals surface area contributed by atoms with E-state index >= 15 is 0 Å². The van der Waals surface area contributed by atoms with Gasteiger partial charge in [0.05, 0.1) is 6.07 Å². The molecule has 2 N–H and O–H groups in total. The Morgan fingerprint density at radius 2 is 2.42 bits per heavy atom. The van der Waals surface area contributed by atoms with E-state index in [0.29, 0.717) is 6.04 Å². The molecule has 0 spiro atoms. The Bertz CT molecular complexity index is 508. The lowest BCUT2D eigenvalue weighted by Crippen LogP contribution is -2.29. The maximum atomic E-state index is 11.4. The molecule has 1 aliphatic carbocycles. The van der Waals surface area contributed by atoms with Gasteiger partial charge in [0.2, 0.25) is 0 Å². The molecule has 0 radical (unpaired) electrons. The molecule has 100 valence electrons. The summed E-state index contributed by atoms with van der Waals surface area (Å²) in [5.74, 6) is 0.490. The molecule has 5 heteroatoms. The molecule has 1 aliphatic rings. The Labute approximate surface area is 112 Å². The van der Waals surface area contributed by atoms with Crippen LogP contribution in [0.2, 0.25) is 0 Å². The van der Waals surface area contributed by atoms with Crippen LogP contribution in [-0.2, 0) is 11.2 Å². The molecule has 0 saturated heterocycles. The van der Waals surface area contributed by atoms with Gasteiger partial charge in [0.1, 0.15) is 12.3 Å². The first-order valence-electron chi connectivity index (χ1n) is 6.31. The molecular weight excluding hydrogens is 242 g/mol. The maximum absolute atomic E-state index is 11.4.